The summed E-state index contributed by atoms with van der Waals surface area (Å²) in [6.07, 6.45) is 10.8. The molecule has 3 rings (SSSR count). The predicted molar refractivity (Wildman–Crippen MR) is 79.0 cm³/mol. The van der Waals surface area contributed by atoms with Crippen LogP contribution in [0.3, 0.4) is 0 Å². The molecular formula is C17H21NO3. The average Bonchev–Trinajstić information content (AvgIpc) is 3.14. The van der Waals surface area contributed by atoms with E-state index < -0.39 is 0 Å². The third-order valence-corrected chi connectivity index (χ3v) is 4.31. The topological polar surface area (TPSA) is 51.6 Å². The molecule has 1 aromatic rings. The lowest BCUT2D eigenvalue weighted by atomic mass is 9.98. The highest BCUT2D eigenvalue weighted by Gasteiger charge is 2.42. The first-order valence-electron chi connectivity index (χ1n) is 7.65. The van der Waals surface area contributed by atoms with Crippen LogP contribution in [0.25, 0.3) is 0 Å². The van der Waals surface area contributed by atoms with E-state index in [1.54, 1.807) is 12.4 Å². The number of pyridine rings is 1. The standard InChI is InChI=1S/C17H21NO3/c19-9-3-4-14-10-16(12-18-11-14)20-13-15-5-8-17(21-15)6-1-2-7-17/h10-12,15,19H,1-2,5-9,13H2. The molecule has 1 saturated heterocycles. The lowest BCUT2D eigenvalue weighted by Gasteiger charge is -2.23. The Labute approximate surface area is 125 Å². The number of aromatic nitrogens is 1. The van der Waals surface area contributed by atoms with Crippen molar-refractivity contribution in [2.45, 2.75) is 50.2 Å². The van der Waals surface area contributed by atoms with E-state index in [1.165, 1.54) is 32.1 Å². The summed E-state index contributed by atoms with van der Waals surface area (Å²) in [5.74, 6) is 6.14. The third-order valence-electron chi connectivity index (χ3n) is 4.31. The average molecular weight is 287 g/mol. The van der Waals surface area contributed by atoms with Gasteiger partial charge < -0.3 is 14.6 Å². The Hall–Kier alpha value is -1.57. The number of aliphatic hydroxyl groups excluding tert-OH is 1. The zero-order valence-corrected chi connectivity index (χ0v) is 12.2. The minimum absolute atomic E-state index is 0.150. The first-order chi connectivity index (χ1) is 10.3. The number of ether oxygens (including phenoxy) is 2. The summed E-state index contributed by atoms with van der Waals surface area (Å²) in [7, 11) is 0. The highest BCUT2D eigenvalue weighted by molar-refractivity contribution is 5.36. The van der Waals surface area contributed by atoms with Gasteiger partial charge in [0.2, 0.25) is 0 Å². The van der Waals surface area contributed by atoms with E-state index in [9.17, 15) is 0 Å². The van der Waals surface area contributed by atoms with Crippen LogP contribution in [0.4, 0.5) is 0 Å². The SMILES string of the molecule is OCC#Cc1cncc(OCC2CCC3(CCCC3)O2)c1. The second kappa shape index (κ2) is 6.46. The van der Waals surface area contributed by atoms with Gasteiger partial charge in [0, 0.05) is 11.8 Å². The van der Waals surface area contributed by atoms with Gasteiger partial charge in [-0.05, 0) is 31.7 Å². The summed E-state index contributed by atoms with van der Waals surface area (Å²) in [5, 5.41) is 8.70. The maximum Gasteiger partial charge on any atom is 0.138 e. The normalized spacial score (nSPS) is 23.0. The molecule has 0 aromatic carbocycles. The van der Waals surface area contributed by atoms with Crippen LogP contribution in [0.1, 0.15) is 44.1 Å². The van der Waals surface area contributed by atoms with Gasteiger partial charge in [0.1, 0.15) is 19.0 Å². The fraction of sp³-hybridized carbons (Fsp3) is 0.588. The van der Waals surface area contributed by atoms with Crippen molar-refractivity contribution in [1.29, 1.82) is 0 Å². The third kappa shape index (κ3) is 3.55. The number of hydrogen-bond donors (Lipinski definition) is 1. The van der Waals surface area contributed by atoms with Gasteiger partial charge in [-0.1, -0.05) is 24.7 Å². The molecule has 2 fully saturated rings. The zero-order valence-electron chi connectivity index (χ0n) is 12.2. The molecule has 1 aromatic heterocycles. The van der Waals surface area contributed by atoms with E-state index in [1.807, 2.05) is 6.07 Å². The van der Waals surface area contributed by atoms with Crippen LogP contribution >= 0.6 is 0 Å². The summed E-state index contributed by atoms with van der Waals surface area (Å²) in [5.41, 5.74) is 0.905. The molecule has 4 heteroatoms. The monoisotopic (exact) mass is 287 g/mol. The van der Waals surface area contributed by atoms with E-state index in [-0.39, 0.29) is 18.3 Å². The van der Waals surface area contributed by atoms with Gasteiger partial charge in [-0.2, -0.15) is 0 Å². The van der Waals surface area contributed by atoms with Gasteiger partial charge in [0.25, 0.3) is 0 Å². The Morgan fingerprint density at radius 2 is 2.19 bits per heavy atom. The maximum atomic E-state index is 8.70. The van der Waals surface area contributed by atoms with Crippen molar-refractivity contribution >= 4 is 0 Å². The highest BCUT2D eigenvalue weighted by atomic mass is 16.6. The van der Waals surface area contributed by atoms with E-state index in [4.69, 9.17) is 14.6 Å². The predicted octanol–water partition coefficient (Wildman–Crippen LogP) is 2.30. The Morgan fingerprint density at radius 3 is 3.00 bits per heavy atom. The summed E-state index contributed by atoms with van der Waals surface area (Å²) in [4.78, 5) is 4.10. The van der Waals surface area contributed by atoms with Crippen LogP contribution in [-0.4, -0.2) is 35.0 Å². The van der Waals surface area contributed by atoms with Crippen molar-refractivity contribution in [2.24, 2.45) is 0 Å². The van der Waals surface area contributed by atoms with Crippen LogP contribution in [0, 0.1) is 11.8 Å². The van der Waals surface area contributed by atoms with E-state index in [2.05, 4.69) is 16.8 Å². The summed E-state index contributed by atoms with van der Waals surface area (Å²) in [6.45, 7) is 0.420. The molecule has 1 unspecified atom stereocenters. The molecule has 4 nitrogen and oxygen atoms in total. The van der Waals surface area contributed by atoms with Crippen molar-refractivity contribution in [3.63, 3.8) is 0 Å². The molecule has 0 bridgehead atoms. The van der Waals surface area contributed by atoms with Crippen LogP contribution in [0.15, 0.2) is 18.5 Å². The quantitative estimate of drug-likeness (QED) is 0.867. The van der Waals surface area contributed by atoms with Crippen molar-refractivity contribution in [2.75, 3.05) is 13.2 Å². The minimum atomic E-state index is -0.150. The Bertz CT molecular complexity index is 540. The van der Waals surface area contributed by atoms with Gasteiger partial charge in [-0.15, -0.1) is 0 Å². The first-order valence-corrected chi connectivity index (χ1v) is 7.65. The molecule has 1 saturated carbocycles. The highest BCUT2D eigenvalue weighted by Crippen LogP contribution is 2.43. The number of aliphatic hydroxyl groups is 1. The van der Waals surface area contributed by atoms with Gasteiger partial charge >= 0.3 is 0 Å². The number of nitrogens with zero attached hydrogens (tertiary/aromatic N) is 1. The molecule has 21 heavy (non-hydrogen) atoms. The van der Waals surface area contributed by atoms with Crippen molar-refractivity contribution in [3.05, 3.63) is 24.0 Å². The first kappa shape index (κ1) is 14.4. The van der Waals surface area contributed by atoms with Gasteiger partial charge in [0.15, 0.2) is 0 Å². The maximum absolute atomic E-state index is 8.70. The fourth-order valence-corrected chi connectivity index (χ4v) is 3.30. The summed E-state index contributed by atoms with van der Waals surface area (Å²) < 4.78 is 12.0. The molecule has 0 amide bonds. The van der Waals surface area contributed by atoms with Crippen molar-refractivity contribution in [3.8, 4) is 17.6 Å². The van der Waals surface area contributed by atoms with Gasteiger partial charge in [0.05, 0.1) is 17.9 Å². The molecule has 1 aliphatic heterocycles. The smallest absolute Gasteiger partial charge is 0.138 e. The Kier molecular flexibility index (Phi) is 4.42. The number of rotatable bonds is 3. The molecule has 1 spiro atoms. The molecule has 1 atom stereocenters. The lowest BCUT2D eigenvalue weighted by Crippen LogP contribution is -2.27. The molecule has 1 N–H and O–H groups in total. The van der Waals surface area contributed by atoms with Gasteiger partial charge in [-0.3, -0.25) is 4.98 Å². The van der Waals surface area contributed by atoms with E-state index in [0.717, 1.165) is 12.0 Å². The van der Waals surface area contributed by atoms with Crippen molar-refractivity contribution in [1.82, 2.24) is 4.98 Å². The Morgan fingerprint density at radius 1 is 1.33 bits per heavy atom. The fourth-order valence-electron chi connectivity index (χ4n) is 3.30. The molecular weight excluding hydrogens is 266 g/mol. The minimum Gasteiger partial charge on any atom is -0.489 e. The van der Waals surface area contributed by atoms with Gasteiger partial charge in [-0.25, -0.2) is 0 Å². The van der Waals surface area contributed by atoms with E-state index in [0.29, 0.717) is 12.4 Å². The lowest BCUT2D eigenvalue weighted by molar-refractivity contribution is -0.0509. The number of hydrogen-bond acceptors (Lipinski definition) is 4. The second-order valence-electron chi connectivity index (χ2n) is 5.85. The van der Waals surface area contributed by atoms with E-state index >= 15 is 0 Å². The summed E-state index contributed by atoms with van der Waals surface area (Å²) in [6, 6.07) is 1.84. The molecule has 2 aliphatic rings. The molecule has 2 heterocycles. The van der Waals surface area contributed by atoms with Crippen LogP contribution in [0.5, 0.6) is 5.75 Å². The second-order valence-corrected chi connectivity index (χ2v) is 5.85. The zero-order chi connectivity index (χ0) is 14.5. The van der Waals surface area contributed by atoms with Crippen LogP contribution in [-0.2, 0) is 4.74 Å². The van der Waals surface area contributed by atoms with Crippen molar-refractivity contribution < 1.29 is 14.6 Å². The summed E-state index contributed by atoms with van der Waals surface area (Å²) >= 11 is 0. The largest absolute Gasteiger partial charge is 0.489 e. The molecule has 0 radical (unpaired) electrons. The Balaban J connectivity index is 1.53. The molecule has 1 aliphatic carbocycles. The molecule has 112 valence electrons. The van der Waals surface area contributed by atoms with Crippen LogP contribution < -0.4 is 4.74 Å². The van der Waals surface area contributed by atoms with Crippen LogP contribution in [0.2, 0.25) is 0 Å².